The van der Waals surface area contributed by atoms with Crippen molar-refractivity contribution in [1.82, 2.24) is 4.90 Å². The molecule has 0 saturated carbocycles. The zero-order valence-electron chi connectivity index (χ0n) is 16.0. The molecule has 1 saturated heterocycles. The first kappa shape index (κ1) is 21.3. The van der Waals surface area contributed by atoms with E-state index in [1.54, 1.807) is 37.3 Å². The number of carbonyl (C=O) groups is 1. The lowest BCUT2D eigenvalue weighted by Crippen LogP contribution is -2.44. The molecule has 0 radical (unpaired) electrons. The van der Waals surface area contributed by atoms with Gasteiger partial charge >= 0.3 is 6.09 Å². The Bertz CT molecular complexity index is 641. The van der Waals surface area contributed by atoms with Crippen molar-refractivity contribution >= 4 is 29.3 Å². The molecule has 0 N–H and O–H groups in total. The molecule has 1 amide bonds. The Labute approximate surface area is 165 Å². The normalized spacial score (nSPS) is 18.3. The Morgan fingerprint density at radius 2 is 1.88 bits per heavy atom. The highest BCUT2D eigenvalue weighted by Gasteiger charge is 2.42. The fourth-order valence-corrected chi connectivity index (χ4v) is 3.85. The van der Waals surface area contributed by atoms with E-state index in [4.69, 9.17) is 37.4 Å². The lowest BCUT2D eigenvalue weighted by Gasteiger charge is -2.37. The number of likely N-dealkylation sites (tertiary alicyclic amines) is 1. The van der Waals surface area contributed by atoms with Gasteiger partial charge in [-0.15, -0.1) is 0 Å². The van der Waals surface area contributed by atoms with E-state index in [2.05, 4.69) is 0 Å². The summed E-state index contributed by atoms with van der Waals surface area (Å²) in [6, 6.07) is 5.13. The first-order valence-corrected chi connectivity index (χ1v) is 9.43. The van der Waals surface area contributed by atoms with E-state index in [9.17, 15) is 4.79 Å². The van der Waals surface area contributed by atoms with Crippen LogP contribution in [0.1, 0.15) is 45.6 Å². The van der Waals surface area contributed by atoms with Crippen LogP contribution < -0.4 is 0 Å². The minimum atomic E-state index is -1.07. The second-order valence-corrected chi connectivity index (χ2v) is 8.30. The van der Waals surface area contributed by atoms with Crippen LogP contribution in [0.4, 0.5) is 4.79 Å². The largest absolute Gasteiger partial charge is 0.444 e. The number of rotatable bonds is 5. The molecule has 1 unspecified atom stereocenters. The topological polar surface area (TPSA) is 48.0 Å². The molecule has 0 spiro atoms. The number of ether oxygens (including phenoxy) is 3. The van der Waals surface area contributed by atoms with Gasteiger partial charge in [0.05, 0.1) is 5.02 Å². The van der Waals surface area contributed by atoms with Gasteiger partial charge in [-0.1, -0.05) is 29.3 Å². The fraction of sp³-hybridized carbons (Fsp3) is 0.632. The lowest BCUT2D eigenvalue weighted by atomic mass is 9.96. The van der Waals surface area contributed by atoms with Crippen LogP contribution in [0.15, 0.2) is 18.2 Å². The number of carbonyl (C=O) groups excluding carboxylic acids is 1. The molecule has 1 aliphatic heterocycles. The number of nitrogens with zero attached hydrogens (tertiary/aromatic N) is 1. The standard InChI is InChI=1S/C19H27Cl2NO4/c1-18(2,3)26-17(23)22-10-6-7-14(22)12-19(24-4,25-5)15-9-8-13(20)11-16(15)21/h8-9,11,14H,6-7,10,12H2,1-5H3. The van der Waals surface area contributed by atoms with E-state index in [-0.39, 0.29) is 12.1 Å². The molecule has 0 aliphatic carbocycles. The maximum atomic E-state index is 12.6. The summed E-state index contributed by atoms with van der Waals surface area (Å²) in [5.74, 6) is -1.07. The minimum Gasteiger partial charge on any atom is -0.444 e. The van der Waals surface area contributed by atoms with Crippen LogP contribution in [0, 0.1) is 0 Å². The average Bonchev–Trinajstić information content (AvgIpc) is 2.99. The van der Waals surface area contributed by atoms with Crippen LogP contribution in [0.3, 0.4) is 0 Å². The van der Waals surface area contributed by atoms with Crippen LogP contribution in [0.2, 0.25) is 10.0 Å². The van der Waals surface area contributed by atoms with Gasteiger partial charge in [-0.05, 0) is 45.7 Å². The Balaban J connectivity index is 2.27. The Hall–Kier alpha value is -1.01. The number of hydrogen-bond acceptors (Lipinski definition) is 4. The van der Waals surface area contributed by atoms with Crippen molar-refractivity contribution in [2.75, 3.05) is 20.8 Å². The van der Waals surface area contributed by atoms with Gasteiger partial charge in [0.25, 0.3) is 0 Å². The fourth-order valence-electron chi connectivity index (χ4n) is 3.30. The molecule has 1 heterocycles. The van der Waals surface area contributed by atoms with Crippen molar-refractivity contribution in [1.29, 1.82) is 0 Å². The summed E-state index contributed by atoms with van der Waals surface area (Å²) in [6.07, 6.45) is 1.88. The van der Waals surface area contributed by atoms with E-state index < -0.39 is 11.4 Å². The maximum absolute atomic E-state index is 12.6. The van der Waals surface area contributed by atoms with Gasteiger partial charge in [0.2, 0.25) is 0 Å². The summed E-state index contributed by atoms with van der Waals surface area (Å²) >= 11 is 12.4. The SMILES string of the molecule is COC(CC1CCCN1C(=O)OC(C)(C)C)(OC)c1ccc(Cl)cc1Cl. The molecule has 5 nitrogen and oxygen atoms in total. The maximum Gasteiger partial charge on any atom is 0.410 e. The third kappa shape index (κ3) is 4.83. The number of benzene rings is 1. The zero-order valence-corrected chi connectivity index (χ0v) is 17.5. The third-order valence-electron chi connectivity index (χ3n) is 4.51. The summed E-state index contributed by atoms with van der Waals surface area (Å²) in [6.45, 7) is 6.23. The number of hydrogen-bond donors (Lipinski definition) is 0. The molecule has 1 aliphatic rings. The molecule has 2 rings (SSSR count). The van der Waals surface area contributed by atoms with Crippen LogP contribution in [0.25, 0.3) is 0 Å². The van der Waals surface area contributed by atoms with E-state index in [0.717, 1.165) is 12.8 Å². The highest BCUT2D eigenvalue weighted by atomic mass is 35.5. The van der Waals surface area contributed by atoms with E-state index in [1.807, 2.05) is 20.8 Å². The molecule has 1 aromatic carbocycles. The van der Waals surface area contributed by atoms with Gasteiger partial charge in [0, 0.05) is 43.8 Å². The molecule has 1 atom stereocenters. The van der Waals surface area contributed by atoms with Crippen molar-refractivity contribution in [3.8, 4) is 0 Å². The smallest absolute Gasteiger partial charge is 0.410 e. The van der Waals surface area contributed by atoms with Crippen molar-refractivity contribution < 1.29 is 19.0 Å². The molecular formula is C19H27Cl2NO4. The molecule has 0 aromatic heterocycles. The van der Waals surface area contributed by atoms with Crippen LogP contribution in [0.5, 0.6) is 0 Å². The van der Waals surface area contributed by atoms with Crippen LogP contribution >= 0.6 is 23.2 Å². The molecule has 7 heteroatoms. The Morgan fingerprint density at radius 3 is 2.42 bits per heavy atom. The van der Waals surface area contributed by atoms with E-state index in [0.29, 0.717) is 28.6 Å². The zero-order chi connectivity index (χ0) is 19.5. The monoisotopic (exact) mass is 403 g/mol. The highest BCUT2D eigenvalue weighted by Crippen LogP contribution is 2.40. The summed E-state index contributed by atoms with van der Waals surface area (Å²) in [7, 11) is 3.14. The molecular weight excluding hydrogens is 377 g/mol. The van der Waals surface area contributed by atoms with Crippen molar-refractivity contribution in [3.63, 3.8) is 0 Å². The van der Waals surface area contributed by atoms with Crippen molar-refractivity contribution in [2.45, 2.75) is 57.5 Å². The minimum absolute atomic E-state index is 0.0727. The summed E-state index contributed by atoms with van der Waals surface area (Å²) in [5.41, 5.74) is 0.146. The molecule has 146 valence electrons. The van der Waals surface area contributed by atoms with Crippen LogP contribution in [-0.2, 0) is 20.0 Å². The van der Waals surface area contributed by atoms with Crippen molar-refractivity contribution in [2.24, 2.45) is 0 Å². The first-order chi connectivity index (χ1) is 12.1. The predicted octanol–water partition coefficient (Wildman–Crippen LogP) is 5.23. The Kier molecular flexibility index (Phi) is 6.83. The van der Waals surface area contributed by atoms with Gasteiger partial charge in [0.15, 0.2) is 5.79 Å². The average molecular weight is 404 g/mol. The molecule has 26 heavy (non-hydrogen) atoms. The van der Waals surface area contributed by atoms with Gasteiger partial charge in [0.1, 0.15) is 5.60 Å². The van der Waals surface area contributed by atoms with Gasteiger partial charge in [-0.2, -0.15) is 0 Å². The first-order valence-electron chi connectivity index (χ1n) is 8.67. The van der Waals surface area contributed by atoms with Gasteiger partial charge in [-0.25, -0.2) is 4.79 Å². The predicted molar refractivity (Wildman–Crippen MR) is 103 cm³/mol. The van der Waals surface area contributed by atoms with Crippen LogP contribution in [-0.4, -0.2) is 43.4 Å². The lowest BCUT2D eigenvalue weighted by molar-refractivity contribution is -0.226. The van der Waals surface area contributed by atoms with E-state index >= 15 is 0 Å². The summed E-state index contributed by atoms with van der Waals surface area (Å²) < 4.78 is 17.1. The second-order valence-electron chi connectivity index (χ2n) is 7.46. The third-order valence-corrected chi connectivity index (χ3v) is 5.06. The van der Waals surface area contributed by atoms with E-state index in [1.165, 1.54) is 0 Å². The number of amides is 1. The summed E-state index contributed by atoms with van der Waals surface area (Å²) in [4.78, 5) is 14.3. The number of halogens is 2. The quantitative estimate of drug-likeness (QED) is 0.631. The highest BCUT2D eigenvalue weighted by molar-refractivity contribution is 6.35. The van der Waals surface area contributed by atoms with Gasteiger partial charge < -0.3 is 19.1 Å². The Morgan fingerprint density at radius 1 is 1.23 bits per heavy atom. The number of methoxy groups -OCH3 is 2. The summed E-state index contributed by atoms with van der Waals surface area (Å²) in [5, 5.41) is 0.999. The molecule has 0 bridgehead atoms. The van der Waals surface area contributed by atoms with Gasteiger partial charge in [-0.3, -0.25) is 0 Å². The van der Waals surface area contributed by atoms with Crippen molar-refractivity contribution in [3.05, 3.63) is 33.8 Å². The second kappa shape index (κ2) is 8.34. The molecule has 1 fully saturated rings. The molecule has 1 aromatic rings.